The smallest absolute Gasteiger partial charge is 0.354 e. The summed E-state index contributed by atoms with van der Waals surface area (Å²) in [6.07, 6.45) is 3.11. The SMILES string of the molecule is Cn1c(NC[C@@H](N)Cc2ccccc2)nc(-c2ccncc2)c(-c2cccc(C(F)(F)F)c2)c1=O.Cn1c(NC[C@@H](N)Cc2ccccc2)nc(-c2ccncc2)c(-c2cccc(F)c2)c1=O. The summed E-state index contributed by atoms with van der Waals surface area (Å²) in [5.74, 6) is 0.242. The Kier molecular flexibility index (Phi) is 15.1. The van der Waals surface area contributed by atoms with Crippen LogP contribution in [0.15, 0.2) is 168 Å². The molecule has 12 nitrogen and oxygen atoms in total. The highest BCUT2D eigenvalue weighted by atomic mass is 19.4. The van der Waals surface area contributed by atoms with E-state index in [1.54, 1.807) is 55.8 Å². The van der Waals surface area contributed by atoms with E-state index < -0.39 is 23.1 Å². The van der Waals surface area contributed by atoms with Gasteiger partial charge >= 0.3 is 6.18 Å². The first-order valence-electron chi connectivity index (χ1n) is 21.3. The van der Waals surface area contributed by atoms with Crippen LogP contribution in [-0.2, 0) is 33.1 Å². The summed E-state index contributed by atoms with van der Waals surface area (Å²) in [7, 11) is 3.16. The van der Waals surface area contributed by atoms with Gasteiger partial charge in [0, 0.05) is 75.2 Å². The highest BCUT2D eigenvalue weighted by Crippen LogP contribution is 2.35. The topological polar surface area (TPSA) is 172 Å². The summed E-state index contributed by atoms with van der Waals surface area (Å²) in [6.45, 7) is 0.776. The molecular weight excluding hydrogens is 861 g/mol. The molecule has 4 aromatic heterocycles. The number of halogens is 4. The minimum absolute atomic E-state index is 0.0731. The number of alkyl halides is 3. The van der Waals surface area contributed by atoms with Gasteiger partial charge in [-0.1, -0.05) is 84.9 Å². The molecule has 0 saturated carbocycles. The van der Waals surface area contributed by atoms with Crippen molar-refractivity contribution in [3.8, 4) is 44.8 Å². The molecule has 0 bridgehead atoms. The van der Waals surface area contributed by atoms with Crippen LogP contribution >= 0.6 is 0 Å². The summed E-state index contributed by atoms with van der Waals surface area (Å²) < 4.78 is 56.7. The van der Waals surface area contributed by atoms with E-state index in [0.717, 1.165) is 23.3 Å². The third-order valence-electron chi connectivity index (χ3n) is 10.8. The van der Waals surface area contributed by atoms with Crippen molar-refractivity contribution in [3.63, 3.8) is 0 Å². The number of nitrogens with two attached hydrogens (primary N) is 2. The molecule has 4 heterocycles. The first-order valence-corrected chi connectivity index (χ1v) is 21.3. The van der Waals surface area contributed by atoms with Crippen LogP contribution in [0.4, 0.5) is 29.5 Å². The number of nitrogens with one attached hydrogen (secondary N) is 2. The molecule has 0 aliphatic carbocycles. The molecular formula is C51H48F4N10O2. The maximum absolute atomic E-state index is 13.9. The quantitative estimate of drug-likeness (QED) is 0.0781. The largest absolute Gasteiger partial charge is 0.416 e. The van der Waals surface area contributed by atoms with Gasteiger partial charge in [-0.2, -0.15) is 13.2 Å². The minimum Gasteiger partial charge on any atom is -0.354 e. The van der Waals surface area contributed by atoms with Crippen LogP contribution in [0.3, 0.4) is 0 Å². The summed E-state index contributed by atoms with van der Waals surface area (Å²) in [5, 5.41) is 6.34. The maximum atomic E-state index is 13.9. The third-order valence-corrected chi connectivity index (χ3v) is 10.8. The second kappa shape index (κ2) is 21.4. The third kappa shape index (κ3) is 11.9. The van der Waals surface area contributed by atoms with Crippen LogP contribution in [0.1, 0.15) is 16.7 Å². The van der Waals surface area contributed by atoms with Crippen molar-refractivity contribution >= 4 is 11.9 Å². The lowest BCUT2D eigenvalue weighted by Crippen LogP contribution is -2.34. The molecule has 4 aromatic carbocycles. The van der Waals surface area contributed by atoms with Crippen LogP contribution in [-0.4, -0.2) is 54.2 Å². The van der Waals surface area contributed by atoms with Crippen molar-refractivity contribution in [1.29, 1.82) is 0 Å². The fraction of sp³-hybridized carbons (Fsp3) is 0.176. The van der Waals surface area contributed by atoms with Crippen molar-refractivity contribution in [2.45, 2.75) is 31.1 Å². The predicted octanol–water partition coefficient (Wildman–Crippen LogP) is 8.14. The van der Waals surface area contributed by atoms with Gasteiger partial charge in [0.15, 0.2) is 0 Å². The number of aromatic nitrogens is 6. The molecule has 0 radical (unpaired) electrons. The predicted molar refractivity (Wildman–Crippen MR) is 254 cm³/mol. The Hall–Kier alpha value is -7.82. The van der Waals surface area contributed by atoms with E-state index in [1.165, 1.54) is 52.8 Å². The van der Waals surface area contributed by atoms with E-state index in [4.69, 9.17) is 16.5 Å². The normalized spacial score (nSPS) is 12.1. The Balaban J connectivity index is 0.000000200. The number of pyridine rings is 2. The number of nitrogens with zero attached hydrogens (tertiary/aromatic N) is 6. The van der Waals surface area contributed by atoms with Crippen LogP contribution in [0, 0.1) is 5.82 Å². The van der Waals surface area contributed by atoms with Crippen LogP contribution < -0.4 is 33.2 Å². The number of benzene rings is 4. The zero-order valence-electron chi connectivity index (χ0n) is 36.7. The van der Waals surface area contributed by atoms with Gasteiger partial charge in [0.05, 0.1) is 28.1 Å². The molecule has 8 rings (SSSR count). The molecule has 342 valence electrons. The van der Waals surface area contributed by atoms with Gasteiger partial charge in [-0.15, -0.1) is 0 Å². The molecule has 0 amide bonds. The zero-order valence-corrected chi connectivity index (χ0v) is 36.7. The molecule has 0 fully saturated rings. The van der Waals surface area contributed by atoms with Gasteiger partial charge < -0.3 is 22.1 Å². The van der Waals surface area contributed by atoms with Crippen molar-refractivity contribution in [1.82, 2.24) is 29.1 Å². The number of anilines is 2. The summed E-state index contributed by atoms with van der Waals surface area (Å²) in [4.78, 5) is 44.2. The first kappa shape index (κ1) is 47.2. The van der Waals surface area contributed by atoms with E-state index in [2.05, 4.69) is 25.6 Å². The average Bonchev–Trinajstić information content (AvgIpc) is 3.33. The monoisotopic (exact) mass is 908 g/mol. The highest BCUT2D eigenvalue weighted by Gasteiger charge is 2.31. The molecule has 0 aliphatic heterocycles. The fourth-order valence-electron chi connectivity index (χ4n) is 7.40. The van der Waals surface area contributed by atoms with Gasteiger partial charge in [0.2, 0.25) is 11.9 Å². The first-order chi connectivity index (χ1) is 32.3. The lowest BCUT2D eigenvalue weighted by molar-refractivity contribution is -0.137. The Morgan fingerprint density at radius 1 is 0.552 bits per heavy atom. The summed E-state index contributed by atoms with van der Waals surface area (Å²) in [6, 6.07) is 36.9. The van der Waals surface area contributed by atoms with Crippen LogP contribution in [0.2, 0.25) is 0 Å². The molecule has 67 heavy (non-hydrogen) atoms. The van der Waals surface area contributed by atoms with E-state index in [0.29, 0.717) is 59.8 Å². The molecule has 0 aliphatic rings. The standard InChI is InChI=1S/C26H24F3N5O.C25H24FN5O/c1-34-24(35)22(19-8-5-9-20(15-19)26(27,28)29)23(18-10-12-31-13-11-18)33-25(34)32-16-21(30)14-17-6-3-2-4-7-17;1-31-24(32)22(19-8-5-9-20(26)15-19)23(18-10-12-28-13-11-18)30-25(31)29-16-21(27)14-17-6-3-2-4-7-17/h2-13,15,21H,14,16,30H2,1H3,(H,32,33);2-13,15,21H,14,16,27H2,1H3,(H,29,30)/t2*21-/m00/s1. The van der Waals surface area contributed by atoms with Gasteiger partial charge in [-0.3, -0.25) is 28.7 Å². The summed E-state index contributed by atoms with van der Waals surface area (Å²) in [5.41, 5.74) is 16.2. The Labute approximate surface area is 384 Å². The lowest BCUT2D eigenvalue weighted by Gasteiger charge is -2.18. The molecule has 2 atom stereocenters. The van der Waals surface area contributed by atoms with E-state index in [-0.39, 0.29) is 40.4 Å². The van der Waals surface area contributed by atoms with Crippen LogP contribution in [0.5, 0.6) is 0 Å². The average molecular weight is 909 g/mol. The van der Waals surface area contributed by atoms with E-state index in [1.807, 2.05) is 60.7 Å². The molecule has 8 aromatic rings. The second-order valence-corrected chi connectivity index (χ2v) is 15.8. The van der Waals surface area contributed by atoms with Crippen molar-refractivity contribution in [2.24, 2.45) is 25.6 Å². The Morgan fingerprint density at radius 3 is 1.39 bits per heavy atom. The number of hydrogen-bond donors (Lipinski definition) is 4. The van der Waals surface area contributed by atoms with Crippen molar-refractivity contribution in [2.75, 3.05) is 23.7 Å². The van der Waals surface area contributed by atoms with Gasteiger partial charge in [-0.25, -0.2) is 14.4 Å². The zero-order chi connectivity index (χ0) is 47.5. The Morgan fingerprint density at radius 2 is 0.970 bits per heavy atom. The van der Waals surface area contributed by atoms with Gasteiger partial charge in [0.1, 0.15) is 5.82 Å². The number of hydrogen-bond acceptors (Lipinski definition) is 10. The lowest BCUT2D eigenvalue weighted by atomic mass is 9.99. The second-order valence-electron chi connectivity index (χ2n) is 15.8. The van der Waals surface area contributed by atoms with E-state index in [9.17, 15) is 27.2 Å². The fourth-order valence-corrected chi connectivity index (χ4v) is 7.40. The maximum Gasteiger partial charge on any atom is 0.416 e. The molecule has 0 unspecified atom stereocenters. The van der Waals surface area contributed by atoms with Crippen molar-refractivity contribution < 1.29 is 17.6 Å². The van der Waals surface area contributed by atoms with E-state index >= 15 is 0 Å². The summed E-state index contributed by atoms with van der Waals surface area (Å²) >= 11 is 0. The van der Waals surface area contributed by atoms with Gasteiger partial charge in [0.25, 0.3) is 11.1 Å². The highest BCUT2D eigenvalue weighted by molar-refractivity contribution is 5.82. The minimum atomic E-state index is -4.54. The molecule has 0 saturated heterocycles. The molecule has 16 heteroatoms. The Bertz CT molecular complexity index is 3030. The number of rotatable bonds is 14. The van der Waals surface area contributed by atoms with Crippen molar-refractivity contribution in [3.05, 3.63) is 201 Å². The molecule has 6 N–H and O–H groups in total. The van der Waals surface area contributed by atoms with Gasteiger partial charge in [-0.05, 0) is 83.6 Å². The molecule has 0 spiro atoms. The van der Waals surface area contributed by atoms with Crippen LogP contribution in [0.25, 0.3) is 44.8 Å².